The molecular formula is C22H28N4O2. The highest BCUT2D eigenvalue weighted by molar-refractivity contribution is 6.00. The van der Waals surface area contributed by atoms with E-state index in [9.17, 15) is 9.59 Å². The second-order valence-corrected chi connectivity index (χ2v) is 7.97. The van der Waals surface area contributed by atoms with E-state index in [0.29, 0.717) is 24.6 Å². The van der Waals surface area contributed by atoms with Crippen LogP contribution in [-0.4, -0.2) is 53.9 Å². The molecule has 0 radical (unpaired) electrons. The number of carbonyl (C=O) groups excluding carboxylic acids is 2. The number of likely N-dealkylation sites (tertiary alicyclic amines) is 1. The van der Waals surface area contributed by atoms with E-state index >= 15 is 0 Å². The van der Waals surface area contributed by atoms with E-state index in [2.05, 4.69) is 15.6 Å². The number of para-hydroxylation sites is 1. The molecule has 1 aromatic heterocycles. The van der Waals surface area contributed by atoms with E-state index in [-0.39, 0.29) is 17.9 Å². The highest BCUT2D eigenvalue weighted by atomic mass is 16.2. The fourth-order valence-corrected chi connectivity index (χ4v) is 4.36. The number of benzene rings is 1. The third-order valence-electron chi connectivity index (χ3n) is 6.02. The molecule has 3 heterocycles. The minimum atomic E-state index is -0.0485. The summed E-state index contributed by atoms with van der Waals surface area (Å²) in [6.45, 7) is 5.00. The summed E-state index contributed by atoms with van der Waals surface area (Å²) in [4.78, 5) is 31.8. The van der Waals surface area contributed by atoms with Gasteiger partial charge >= 0.3 is 0 Å². The summed E-state index contributed by atoms with van der Waals surface area (Å²) in [5, 5.41) is 7.33. The van der Waals surface area contributed by atoms with Gasteiger partial charge in [-0.25, -0.2) is 0 Å². The molecule has 0 saturated carbocycles. The third kappa shape index (κ3) is 3.87. The molecule has 28 heavy (non-hydrogen) atoms. The minimum Gasteiger partial charge on any atom is -0.354 e. The van der Waals surface area contributed by atoms with Gasteiger partial charge in [-0.1, -0.05) is 18.2 Å². The lowest BCUT2D eigenvalue weighted by molar-refractivity contribution is -0.123. The Kier molecular flexibility index (Phi) is 5.57. The van der Waals surface area contributed by atoms with Crippen molar-refractivity contribution in [3.63, 3.8) is 0 Å². The van der Waals surface area contributed by atoms with Crippen LogP contribution < -0.4 is 10.6 Å². The van der Waals surface area contributed by atoms with Crippen LogP contribution in [0.15, 0.2) is 30.5 Å². The van der Waals surface area contributed by atoms with Crippen molar-refractivity contribution in [3.05, 3.63) is 41.6 Å². The molecule has 0 bridgehead atoms. The predicted octanol–water partition coefficient (Wildman–Crippen LogP) is 2.26. The van der Waals surface area contributed by atoms with Crippen LogP contribution in [0.2, 0.25) is 0 Å². The molecule has 2 aliphatic heterocycles. The van der Waals surface area contributed by atoms with Crippen molar-refractivity contribution in [3.8, 4) is 0 Å². The molecule has 2 unspecified atom stereocenters. The number of piperidine rings is 1. The molecule has 2 saturated heterocycles. The number of hydrogen-bond donors (Lipinski definition) is 2. The number of hydrogen-bond acceptors (Lipinski definition) is 4. The van der Waals surface area contributed by atoms with Crippen molar-refractivity contribution in [2.75, 3.05) is 26.2 Å². The zero-order valence-electron chi connectivity index (χ0n) is 16.4. The Hall–Kier alpha value is -2.47. The quantitative estimate of drug-likeness (QED) is 0.853. The smallest absolute Gasteiger partial charge is 0.255 e. The molecule has 1 aromatic carbocycles. The Morgan fingerprint density at radius 2 is 2.11 bits per heavy atom. The molecule has 2 aromatic rings. The number of fused-ring (bicyclic) bond motifs is 1. The molecule has 2 fully saturated rings. The molecule has 2 N–H and O–H groups in total. The van der Waals surface area contributed by atoms with Gasteiger partial charge in [-0.15, -0.1) is 0 Å². The number of aromatic nitrogens is 1. The zero-order chi connectivity index (χ0) is 19.5. The number of pyridine rings is 1. The van der Waals surface area contributed by atoms with Crippen LogP contribution >= 0.6 is 0 Å². The van der Waals surface area contributed by atoms with Crippen molar-refractivity contribution in [1.82, 2.24) is 20.5 Å². The van der Waals surface area contributed by atoms with Gasteiger partial charge < -0.3 is 15.5 Å². The number of rotatable bonds is 4. The summed E-state index contributed by atoms with van der Waals surface area (Å²) >= 11 is 0. The zero-order valence-corrected chi connectivity index (χ0v) is 16.4. The number of amides is 2. The standard InChI is InChI=1S/C22H28N4O2/c1-15-17-7-2-3-8-19(17)24-13-18(15)22(28)26-11-5-6-16(14-26)12-25-21(27)20-9-4-10-23-20/h2-3,7-8,13,16,20,23H,4-6,9-12,14H2,1H3,(H,25,27). The van der Waals surface area contributed by atoms with Gasteiger partial charge in [-0.3, -0.25) is 14.6 Å². The average molecular weight is 380 g/mol. The number of aryl methyl sites for hydroxylation is 1. The normalized spacial score (nSPS) is 22.4. The van der Waals surface area contributed by atoms with Crippen LogP contribution in [0, 0.1) is 12.8 Å². The minimum absolute atomic E-state index is 0.0456. The fraction of sp³-hybridized carbons (Fsp3) is 0.500. The Morgan fingerprint density at radius 1 is 1.25 bits per heavy atom. The molecule has 2 amide bonds. The molecule has 4 rings (SSSR count). The van der Waals surface area contributed by atoms with Gasteiger partial charge in [0.05, 0.1) is 17.1 Å². The van der Waals surface area contributed by atoms with Crippen LogP contribution in [0.25, 0.3) is 10.9 Å². The summed E-state index contributed by atoms with van der Waals surface area (Å²) in [6, 6.07) is 7.87. The van der Waals surface area contributed by atoms with Crippen molar-refractivity contribution >= 4 is 22.7 Å². The van der Waals surface area contributed by atoms with Crippen molar-refractivity contribution in [2.24, 2.45) is 5.92 Å². The topological polar surface area (TPSA) is 74.3 Å². The highest BCUT2D eigenvalue weighted by Gasteiger charge is 2.27. The lowest BCUT2D eigenvalue weighted by Gasteiger charge is -2.33. The van der Waals surface area contributed by atoms with Crippen LogP contribution in [0.5, 0.6) is 0 Å². The lowest BCUT2D eigenvalue weighted by Crippen LogP contribution is -2.46. The van der Waals surface area contributed by atoms with Gasteiger partial charge in [0, 0.05) is 31.2 Å². The van der Waals surface area contributed by atoms with E-state index in [0.717, 1.165) is 55.2 Å². The van der Waals surface area contributed by atoms with Crippen molar-refractivity contribution in [2.45, 2.75) is 38.6 Å². The Labute approximate surface area is 165 Å². The van der Waals surface area contributed by atoms with Gasteiger partial charge in [0.25, 0.3) is 5.91 Å². The van der Waals surface area contributed by atoms with Crippen LogP contribution in [0.1, 0.15) is 41.6 Å². The molecular weight excluding hydrogens is 352 g/mol. The third-order valence-corrected chi connectivity index (χ3v) is 6.02. The Morgan fingerprint density at radius 3 is 2.93 bits per heavy atom. The second kappa shape index (κ2) is 8.27. The van der Waals surface area contributed by atoms with E-state index in [1.165, 1.54) is 0 Å². The largest absolute Gasteiger partial charge is 0.354 e. The molecule has 0 aliphatic carbocycles. The van der Waals surface area contributed by atoms with Gasteiger partial charge in [0.1, 0.15) is 0 Å². The Balaban J connectivity index is 1.40. The van der Waals surface area contributed by atoms with Gasteiger partial charge in [-0.2, -0.15) is 0 Å². The summed E-state index contributed by atoms with van der Waals surface area (Å²) in [5.41, 5.74) is 2.58. The van der Waals surface area contributed by atoms with Gasteiger partial charge in [-0.05, 0) is 56.7 Å². The average Bonchev–Trinajstić information content (AvgIpc) is 3.27. The van der Waals surface area contributed by atoms with Crippen molar-refractivity contribution in [1.29, 1.82) is 0 Å². The molecule has 0 spiro atoms. The monoisotopic (exact) mass is 380 g/mol. The number of nitrogens with zero attached hydrogens (tertiary/aromatic N) is 2. The van der Waals surface area contributed by atoms with Crippen LogP contribution in [0.3, 0.4) is 0 Å². The molecule has 6 nitrogen and oxygen atoms in total. The molecule has 2 aliphatic rings. The molecule has 2 atom stereocenters. The lowest BCUT2D eigenvalue weighted by atomic mass is 9.96. The summed E-state index contributed by atoms with van der Waals surface area (Å²) < 4.78 is 0. The summed E-state index contributed by atoms with van der Waals surface area (Å²) in [5.74, 6) is 0.441. The first-order valence-corrected chi connectivity index (χ1v) is 10.3. The van der Waals surface area contributed by atoms with E-state index in [1.807, 2.05) is 36.1 Å². The van der Waals surface area contributed by atoms with Gasteiger partial charge in [0.2, 0.25) is 5.91 Å². The van der Waals surface area contributed by atoms with E-state index in [1.54, 1.807) is 6.20 Å². The highest BCUT2D eigenvalue weighted by Crippen LogP contribution is 2.23. The van der Waals surface area contributed by atoms with Crippen LogP contribution in [0.4, 0.5) is 0 Å². The Bertz CT molecular complexity index is 876. The first kappa shape index (κ1) is 18.9. The number of nitrogens with one attached hydrogen (secondary N) is 2. The maximum Gasteiger partial charge on any atom is 0.255 e. The predicted molar refractivity (Wildman–Crippen MR) is 109 cm³/mol. The van der Waals surface area contributed by atoms with E-state index in [4.69, 9.17) is 0 Å². The van der Waals surface area contributed by atoms with Gasteiger partial charge in [0.15, 0.2) is 0 Å². The van der Waals surface area contributed by atoms with Crippen LogP contribution in [-0.2, 0) is 4.79 Å². The van der Waals surface area contributed by atoms with E-state index < -0.39 is 0 Å². The number of carbonyl (C=O) groups is 2. The molecule has 6 heteroatoms. The first-order valence-electron chi connectivity index (χ1n) is 10.3. The maximum atomic E-state index is 13.1. The molecule has 148 valence electrons. The maximum absolute atomic E-state index is 13.1. The fourth-order valence-electron chi connectivity index (χ4n) is 4.36. The first-order chi connectivity index (χ1) is 13.6. The summed E-state index contributed by atoms with van der Waals surface area (Å²) in [7, 11) is 0. The SMILES string of the molecule is Cc1c(C(=O)N2CCCC(CNC(=O)C3CCCN3)C2)cnc2ccccc12. The summed E-state index contributed by atoms with van der Waals surface area (Å²) in [6.07, 6.45) is 5.68. The second-order valence-electron chi connectivity index (χ2n) is 7.97. The van der Waals surface area contributed by atoms with Crippen molar-refractivity contribution < 1.29 is 9.59 Å².